The first-order valence-corrected chi connectivity index (χ1v) is 8.57. The van der Waals surface area contributed by atoms with Crippen LogP contribution in [-0.4, -0.2) is 6.54 Å². The van der Waals surface area contributed by atoms with Gasteiger partial charge in [-0.2, -0.15) is 0 Å². The fraction of sp³-hybridized carbons (Fsp3) is 0.250. The molecule has 0 aliphatic rings. The topological polar surface area (TPSA) is 38.0 Å². The molecule has 0 saturated heterocycles. The summed E-state index contributed by atoms with van der Waals surface area (Å²) in [6.07, 6.45) is 0. The van der Waals surface area contributed by atoms with E-state index < -0.39 is 0 Å². The number of benzene rings is 2. The van der Waals surface area contributed by atoms with Crippen molar-refractivity contribution in [3.05, 3.63) is 61.0 Å². The van der Waals surface area contributed by atoms with Gasteiger partial charge in [-0.25, -0.2) is 0 Å². The standard InChI is InChI=1S/C16H17Br2ClN2/c1-9-5-12(6-10(2)16(9)18)21-15(8-20)11-3-4-14(19)13(17)7-11/h3-7,15,21H,8,20H2,1-2H3. The van der Waals surface area contributed by atoms with Crippen LogP contribution in [0, 0.1) is 13.8 Å². The number of hydrogen-bond donors (Lipinski definition) is 2. The Bertz CT molecular complexity index is 636. The summed E-state index contributed by atoms with van der Waals surface area (Å²) in [5.74, 6) is 0. The van der Waals surface area contributed by atoms with Gasteiger partial charge in [-0.3, -0.25) is 0 Å². The van der Waals surface area contributed by atoms with Crippen LogP contribution in [0.1, 0.15) is 22.7 Å². The Morgan fingerprint density at radius 1 is 1.14 bits per heavy atom. The molecular weight excluding hydrogens is 415 g/mol. The number of aryl methyl sites for hydroxylation is 2. The minimum absolute atomic E-state index is 0.0403. The lowest BCUT2D eigenvalue weighted by molar-refractivity contribution is 0.789. The van der Waals surface area contributed by atoms with E-state index in [0.29, 0.717) is 11.6 Å². The van der Waals surface area contributed by atoms with Crippen LogP contribution < -0.4 is 11.1 Å². The summed E-state index contributed by atoms with van der Waals surface area (Å²) >= 11 is 13.1. The van der Waals surface area contributed by atoms with Gasteiger partial charge in [0.1, 0.15) is 0 Å². The van der Waals surface area contributed by atoms with Crippen LogP contribution in [0.2, 0.25) is 5.02 Å². The highest BCUT2D eigenvalue weighted by atomic mass is 79.9. The molecule has 2 nitrogen and oxygen atoms in total. The monoisotopic (exact) mass is 430 g/mol. The van der Waals surface area contributed by atoms with Gasteiger partial charge in [-0.15, -0.1) is 0 Å². The second-order valence-corrected chi connectivity index (χ2v) is 7.08. The van der Waals surface area contributed by atoms with E-state index in [0.717, 1.165) is 20.2 Å². The predicted octanol–water partition coefficient (Wildman–Crippen LogP) is 5.59. The highest BCUT2D eigenvalue weighted by molar-refractivity contribution is 9.10. The van der Waals surface area contributed by atoms with Crippen LogP contribution >= 0.6 is 43.5 Å². The average molecular weight is 433 g/mol. The van der Waals surface area contributed by atoms with Crippen LogP contribution in [0.15, 0.2) is 39.3 Å². The van der Waals surface area contributed by atoms with Crippen molar-refractivity contribution in [3.8, 4) is 0 Å². The SMILES string of the molecule is Cc1cc(NC(CN)c2ccc(Cl)c(Br)c2)cc(C)c1Br. The zero-order valence-corrected chi connectivity index (χ0v) is 15.8. The van der Waals surface area contributed by atoms with Crippen LogP contribution in [0.4, 0.5) is 5.69 Å². The van der Waals surface area contributed by atoms with E-state index in [9.17, 15) is 0 Å². The van der Waals surface area contributed by atoms with Gasteiger partial charge >= 0.3 is 0 Å². The van der Waals surface area contributed by atoms with Crippen molar-refractivity contribution in [3.63, 3.8) is 0 Å². The second-order valence-electron chi connectivity index (χ2n) is 5.03. The van der Waals surface area contributed by atoms with E-state index in [1.54, 1.807) is 0 Å². The van der Waals surface area contributed by atoms with Gasteiger partial charge in [0.05, 0.1) is 11.1 Å². The Morgan fingerprint density at radius 2 is 1.76 bits per heavy atom. The Hall–Kier alpha value is -0.550. The van der Waals surface area contributed by atoms with E-state index in [-0.39, 0.29) is 6.04 Å². The van der Waals surface area contributed by atoms with Crippen molar-refractivity contribution in [2.45, 2.75) is 19.9 Å². The van der Waals surface area contributed by atoms with E-state index in [2.05, 4.69) is 63.2 Å². The zero-order valence-electron chi connectivity index (χ0n) is 11.9. The molecule has 0 aromatic heterocycles. The van der Waals surface area contributed by atoms with Crippen molar-refractivity contribution in [1.29, 1.82) is 0 Å². The summed E-state index contributed by atoms with van der Waals surface area (Å²) in [7, 11) is 0. The van der Waals surface area contributed by atoms with E-state index in [1.807, 2.05) is 18.2 Å². The number of anilines is 1. The summed E-state index contributed by atoms with van der Waals surface area (Å²) in [6.45, 7) is 4.67. The molecule has 1 atom stereocenters. The molecule has 0 amide bonds. The smallest absolute Gasteiger partial charge is 0.0636 e. The van der Waals surface area contributed by atoms with Crippen molar-refractivity contribution in [2.75, 3.05) is 11.9 Å². The van der Waals surface area contributed by atoms with Gasteiger partial charge in [-0.1, -0.05) is 33.6 Å². The van der Waals surface area contributed by atoms with E-state index in [1.165, 1.54) is 11.1 Å². The Kier molecular flexibility index (Phi) is 5.72. The number of nitrogens with one attached hydrogen (secondary N) is 1. The molecule has 112 valence electrons. The van der Waals surface area contributed by atoms with Crippen LogP contribution in [0.3, 0.4) is 0 Å². The first kappa shape index (κ1) is 16.8. The van der Waals surface area contributed by atoms with E-state index in [4.69, 9.17) is 17.3 Å². The highest BCUT2D eigenvalue weighted by Crippen LogP contribution is 2.30. The highest BCUT2D eigenvalue weighted by Gasteiger charge is 2.12. The largest absolute Gasteiger partial charge is 0.377 e. The maximum atomic E-state index is 6.04. The van der Waals surface area contributed by atoms with Crippen LogP contribution in [0.25, 0.3) is 0 Å². The molecule has 21 heavy (non-hydrogen) atoms. The van der Waals surface area contributed by atoms with Gasteiger partial charge < -0.3 is 11.1 Å². The lowest BCUT2D eigenvalue weighted by Gasteiger charge is -2.20. The van der Waals surface area contributed by atoms with Gasteiger partial charge in [0, 0.05) is 21.2 Å². The molecule has 0 fully saturated rings. The van der Waals surface area contributed by atoms with Gasteiger partial charge in [0.2, 0.25) is 0 Å². The molecule has 0 radical (unpaired) electrons. The van der Waals surface area contributed by atoms with Gasteiger partial charge in [-0.05, 0) is 70.7 Å². The number of halogens is 3. The fourth-order valence-corrected chi connectivity index (χ4v) is 2.98. The normalized spacial score (nSPS) is 12.3. The van der Waals surface area contributed by atoms with Crippen molar-refractivity contribution >= 4 is 49.1 Å². The quantitative estimate of drug-likeness (QED) is 0.661. The zero-order chi connectivity index (χ0) is 15.6. The molecule has 1 unspecified atom stereocenters. The predicted molar refractivity (Wildman–Crippen MR) is 98.2 cm³/mol. The van der Waals surface area contributed by atoms with Crippen molar-refractivity contribution < 1.29 is 0 Å². The maximum absolute atomic E-state index is 6.04. The third-order valence-corrected chi connectivity index (χ3v) is 5.82. The summed E-state index contributed by atoms with van der Waals surface area (Å²) in [4.78, 5) is 0. The molecule has 2 aromatic carbocycles. The minimum atomic E-state index is 0.0403. The number of rotatable bonds is 4. The Balaban J connectivity index is 2.28. The average Bonchev–Trinajstić information content (AvgIpc) is 2.45. The molecule has 3 N–H and O–H groups in total. The molecule has 2 aromatic rings. The first-order valence-electron chi connectivity index (χ1n) is 6.60. The molecule has 0 saturated carbocycles. The summed E-state index contributed by atoms with van der Waals surface area (Å²) in [6, 6.07) is 10.2. The minimum Gasteiger partial charge on any atom is -0.377 e. The van der Waals surface area contributed by atoms with Crippen molar-refractivity contribution in [2.24, 2.45) is 5.73 Å². The van der Waals surface area contributed by atoms with Crippen LogP contribution in [-0.2, 0) is 0 Å². The lowest BCUT2D eigenvalue weighted by Crippen LogP contribution is -2.20. The fourth-order valence-electron chi connectivity index (χ4n) is 2.24. The molecule has 0 bridgehead atoms. The molecule has 0 heterocycles. The summed E-state index contributed by atoms with van der Waals surface area (Å²) in [5.41, 5.74) is 10.5. The number of nitrogens with two attached hydrogens (primary N) is 1. The summed E-state index contributed by atoms with van der Waals surface area (Å²) < 4.78 is 2.02. The Labute approximate surface area is 147 Å². The van der Waals surface area contributed by atoms with Gasteiger partial charge in [0.15, 0.2) is 0 Å². The third-order valence-electron chi connectivity index (χ3n) is 3.36. The van der Waals surface area contributed by atoms with Crippen molar-refractivity contribution in [1.82, 2.24) is 0 Å². The molecule has 2 rings (SSSR count). The summed E-state index contributed by atoms with van der Waals surface area (Å²) in [5, 5.41) is 4.19. The van der Waals surface area contributed by atoms with Crippen LogP contribution in [0.5, 0.6) is 0 Å². The second kappa shape index (κ2) is 7.14. The molecule has 0 aliphatic heterocycles. The lowest BCUT2D eigenvalue weighted by atomic mass is 10.1. The van der Waals surface area contributed by atoms with Gasteiger partial charge in [0.25, 0.3) is 0 Å². The molecule has 0 spiro atoms. The number of hydrogen-bond acceptors (Lipinski definition) is 2. The first-order chi connectivity index (χ1) is 9.92. The third kappa shape index (κ3) is 4.01. The van der Waals surface area contributed by atoms with E-state index >= 15 is 0 Å². The molecule has 0 aliphatic carbocycles. The Morgan fingerprint density at radius 3 is 2.29 bits per heavy atom. The maximum Gasteiger partial charge on any atom is 0.0636 e. The molecular formula is C16H17Br2ClN2. The molecule has 5 heteroatoms.